The Balaban J connectivity index is 1.51. The molecule has 4 nitrogen and oxygen atoms in total. The van der Waals surface area contributed by atoms with E-state index >= 15 is 0 Å². The fraction of sp³-hybridized carbons (Fsp3) is 0.364. The van der Waals surface area contributed by atoms with Gasteiger partial charge in [0.25, 0.3) is 0 Å². The number of ether oxygens (including phenoxy) is 1. The second kappa shape index (κ2) is 7.32. The molecule has 26 heavy (non-hydrogen) atoms. The zero-order valence-corrected chi connectivity index (χ0v) is 14.8. The summed E-state index contributed by atoms with van der Waals surface area (Å²) in [4.78, 5) is 27.2. The maximum Gasteiger partial charge on any atom is 0.410 e. The molecule has 2 unspecified atom stereocenters. The molecule has 2 aromatic rings. The molecule has 0 radical (unpaired) electrons. The lowest BCUT2D eigenvalue weighted by Gasteiger charge is -2.34. The minimum absolute atomic E-state index is 0.0905. The molecule has 1 fully saturated rings. The molecule has 134 valence electrons. The average Bonchev–Trinajstić information content (AvgIpc) is 3.16. The van der Waals surface area contributed by atoms with Crippen LogP contribution in [0.1, 0.15) is 41.9 Å². The van der Waals surface area contributed by atoms with E-state index in [1.165, 1.54) is 5.56 Å². The Labute approximate surface area is 153 Å². The van der Waals surface area contributed by atoms with Gasteiger partial charge in [-0.05, 0) is 36.0 Å². The third-order valence-electron chi connectivity index (χ3n) is 5.50. The van der Waals surface area contributed by atoms with Crippen LogP contribution in [0.15, 0.2) is 54.6 Å². The number of benzene rings is 2. The number of nitrogens with zero attached hydrogens (tertiary/aromatic N) is 1. The van der Waals surface area contributed by atoms with Gasteiger partial charge in [-0.1, -0.05) is 54.6 Å². The van der Waals surface area contributed by atoms with Crippen LogP contribution in [0.25, 0.3) is 0 Å². The molecule has 1 aliphatic heterocycles. The number of likely N-dealkylation sites (tertiary alicyclic amines) is 1. The summed E-state index contributed by atoms with van der Waals surface area (Å²) < 4.78 is 5.53. The van der Waals surface area contributed by atoms with Crippen LogP contribution in [0.4, 0.5) is 4.79 Å². The summed E-state index contributed by atoms with van der Waals surface area (Å²) in [7, 11) is 0. The molecule has 0 bridgehead atoms. The highest BCUT2D eigenvalue weighted by Crippen LogP contribution is 2.38. The van der Waals surface area contributed by atoms with Crippen LogP contribution >= 0.6 is 0 Å². The van der Waals surface area contributed by atoms with Gasteiger partial charge in [0.15, 0.2) is 0 Å². The van der Waals surface area contributed by atoms with E-state index in [9.17, 15) is 9.59 Å². The van der Waals surface area contributed by atoms with E-state index in [2.05, 4.69) is 6.07 Å². The third kappa shape index (κ3) is 3.24. The van der Waals surface area contributed by atoms with Crippen molar-refractivity contribution in [2.45, 2.75) is 44.2 Å². The number of carbonyl (C=O) groups excluding carboxylic acids is 2. The van der Waals surface area contributed by atoms with E-state index in [1.54, 1.807) is 4.90 Å². The number of Topliss-reactive ketones (excluding diaryl/α,β-unsaturated/α-hetero) is 1. The van der Waals surface area contributed by atoms with E-state index in [4.69, 9.17) is 4.74 Å². The Hall–Kier alpha value is -2.62. The van der Waals surface area contributed by atoms with E-state index < -0.39 is 0 Å². The molecule has 0 aromatic heterocycles. The van der Waals surface area contributed by atoms with E-state index in [1.807, 2.05) is 48.5 Å². The van der Waals surface area contributed by atoms with Crippen molar-refractivity contribution in [1.82, 2.24) is 4.90 Å². The largest absolute Gasteiger partial charge is 0.445 e. The van der Waals surface area contributed by atoms with Crippen LogP contribution in [0, 0.1) is 0 Å². The minimum atomic E-state index is -0.313. The quantitative estimate of drug-likeness (QED) is 0.838. The molecular weight excluding hydrogens is 326 g/mol. The molecular formula is C22H23NO3. The van der Waals surface area contributed by atoms with Crippen molar-refractivity contribution in [3.63, 3.8) is 0 Å². The van der Waals surface area contributed by atoms with Crippen LogP contribution in [-0.2, 0) is 22.6 Å². The van der Waals surface area contributed by atoms with E-state index in [-0.39, 0.29) is 30.4 Å². The van der Waals surface area contributed by atoms with Crippen molar-refractivity contribution < 1.29 is 14.3 Å². The number of hydrogen-bond acceptors (Lipinski definition) is 3. The van der Waals surface area contributed by atoms with Crippen molar-refractivity contribution in [3.05, 3.63) is 71.3 Å². The number of aryl methyl sites for hydroxylation is 1. The molecule has 1 aliphatic carbocycles. The maximum absolute atomic E-state index is 12.7. The van der Waals surface area contributed by atoms with Gasteiger partial charge in [0, 0.05) is 19.0 Å². The fourth-order valence-electron chi connectivity index (χ4n) is 4.24. The first-order valence-electron chi connectivity index (χ1n) is 9.32. The molecule has 0 spiro atoms. The monoisotopic (exact) mass is 349 g/mol. The van der Waals surface area contributed by atoms with Gasteiger partial charge in [-0.15, -0.1) is 0 Å². The Morgan fingerprint density at radius 1 is 1.04 bits per heavy atom. The van der Waals surface area contributed by atoms with Crippen LogP contribution < -0.4 is 0 Å². The SMILES string of the molecule is O=C1CCc2ccccc2C1C1CCCN1C(=O)OCc1ccccc1. The lowest BCUT2D eigenvalue weighted by atomic mass is 9.77. The summed E-state index contributed by atoms with van der Waals surface area (Å²) in [6.45, 7) is 0.919. The van der Waals surface area contributed by atoms with Gasteiger partial charge in [-0.3, -0.25) is 4.79 Å². The molecule has 1 heterocycles. The van der Waals surface area contributed by atoms with Gasteiger partial charge < -0.3 is 9.64 Å². The predicted molar refractivity (Wildman–Crippen MR) is 98.9 cm³/mol. The van der Waals surface area contributed by atoms with Crippen molar-refractivity contribution in [3.8, 4) is 0 Å². The number of fused-ring (bicyclic) bond motifs is 1. The Morgan fingerprint density at radius 2 is 1.81 bits per heavy atom. The number of ketones is 1. The fourth-order valence-corrected chi connectivity index (χ4v) is 4.24. The van der Waals surface area contributed by atoms with Gasteiger partial charge in [-0.2, -0.15) is 0 Å². The molecule has 4 rings (SSSR count). The van der Waals surface area contributed by atoms with Crippen molar-refractivity contribution >= 4 is 11.9 Å². The topological polar surface area (TPSA) is 46.6 Å². The highest BCUT2D eigenvalue weighted by Gasteiger charge is 2.41. The van der Waals surface area contributed by atoms with E-state index in [0.717, 1.165) is 30.4 Å². The predicted octanol–water partition coefficient (Wildman–Crippen LogP) is 4.09. The zero-order chi connectivity index (χ0) is 17.9. The molecule has 0 saturated carbocycles. The lowest BCUT2D eigenvalue weighted by Crippen LogP contribution is -2.43. The average molecular weight is 349 g/mol. The summed E-state index contributed by atoms with van der Waals surface area (Å²) in [6, 6.07) is 17.7. The van der Waals surface area contributed by atoms with Crippen molar-refractivity contribution in [1.29, 1.82) is 0 Å². The third-order valence-corrected chi connectivity index (χ3v) is 5.50. The van der Waals surface area contributed by atoms with Gasteiger partial charge in [0.2, 0.25) is 0 Å². The molecule has 2 aliphatic rings. The molecule has 0 N–H and O–H groups in total. The maximum atomic E-state index is 12.7. The molecule has 1 saturated heterocycles. The summed E-state index contributed by atoms with van der Waals surface area (Å²) in [6.07, 6.45) is 2.82. The Morgan fingerprint density at radius 3 is 2.65 bits per heavy atom. The number of rotatable bonds is 3. The number of amides is 1. The van der Waals surface area contributed by atoms with Crippen LogP contribution in [0.3, 0.4) is 0 Å². The molecule has 2 aromatic carbocycles. The van der Waals surface area contributed by atoms with Crippen LogP contribution in [0.2, 0.25) is 0 Å². The van der Waals surface area contributed by atoms with Gasteiger partial charge >= 0.3 is 6.09 Å². The summed E-state index contributed by atoms with van der Waals surface area (Å²) in [5.74, 6) is 0.0307. The zero-order valence-electron chi connectivity index (χ0n) is 14.8. The van der Waals surface area contributed by atoms with Crippen molar-refractivity contribution in [2.24, 2.45) is 0 Å². The van der Waals surface area contributed by atoms with Crippen LogP contribution in [-0.4, -0.2) is 29.4 Å². The smallest absolute Gasteiger partial charge is 0.410 e. The Bertz CT molecular complexity index is 802. The highest BCUT2D eigenvalue weighted by molar-refractivity contribution is 5.89. The van der Waals surface area contributed by atoms with E-state index in [0.29, 0.717) is 13.0 Å². The first-order chi connectivity index (χ1) is 12.7. The van der Waals surface area contributed by atoms with Gasteiger partial charge in [0.1, 0.15) is 12.4 Å². The van der Waals surface area contributed by atoms with Gasteiger partial charge in [-0.25, -0.2) is 4.79 Å². The minimum Gasteiger partial charge on any atom is -0.445 e. The summed E-state index contributed by atoms with van der Waals surface area (Å²) >= 11 is 0. The second-order valence-electron chi connectivity index (χ2n) is 7.09. The standard InChI is InChI=1S/C22H23NO3/c24-20-13-12-17-9-4-5-10-18(17)21(20)19-11-6-14-23(19)22(25)26-15-16-7-2-1-3-8-16/h1-5,7-10,19,21H,6,11-15H2. The number of carbonyl (C=O) groups is 2. The first-order valence-corrected chi connectivity index (χ1v) is 9.32. The Kier molecular flexibility index (Phi) is 4.74. The molecule has 1 amide bonds. The highest BCUT2D eigenvalue weighted by atomic mass is 16.6. The number of hydrogen-bond donors (Lipinski definition) is 0. The molecule has 2 atom stereocenters. The lowest BCUT2D eigenvalue weighted by molar-refractivity contribution is -0.122. The normalized spacial score (nSPS) is 22.2. The van der Waals surface area contributed by atoms with Crippen molar-refractivity contribution in [2.75, 3.05) is 6.54 Å². The summed E-state index contributed by atoms with van der Waals surface area (Å²) in [5, 5.41) is 0. The van der Waals surface area contributed by atoms with Crippen LogP contribution in [0.5, 0.6) is 0 Å². The second-order valence-corrected chi connectivity index (χ2v) is 7.09. The first kappa shape index (κ1) is 16.8. The summed E-state index contributed by atoms with van der Waals surface area (Å²) in [5.41, 5.74) is 3.30. The molecule has 4 heteroatoms. The van der Waals surface area contributed by atoms with Gasteiger partial charge in [0.05, 0.1) is 5.92 Å².